The number of carboxylic acid groups (broad SMARTS) is 1. The van der Waals surface area contributed by atoms with Crippen LogP contribution in [0.2, 0.25) is 0 Å². The molecule has 0 aliphatic carbocycles. The molecule has 2 N–H and O–H groups in total. The van der Waals surface area contributed by atoms with E-state index in [0.717, 1.165) is 5.56 Å². The van der Waals surface area contributed by atoms with E-state index in [1.54, 1.807) is 24.3 Å². The summed E-state index contributed by atoms with van der Waals surface area (Å²) in [5.41, 5.74) is 0.899. The number of nitrogens with one attached hydrogen (secondary N) is 1. The Labute approximate surface area is 151 Å². The van der Waals surface area contributed by atoms with E-state index >= 15 is 0 Å². The van der Waals surface area contributed by atoms with Crippen molar-refractivity contribution < 1.29 is 24.2 Å². The van der Waals surface area contributed by atoms with Crippen LogP contribution in [-0.4, -0.2) is 36.8 Å². The zero-order valence-corrected chi connectivity index (χ0v) is 14.3. The number of rotatable bonds is 6. The van der Waals surface area contributed by atoms with E-state index in [0.29, 0.717) is 37.5 Å². The number of benzene rings is 2. The molecule has 1 fully saturated rings. The van der Waals surface area contributed by atoms with Gasteiger partial charge < -0.3 is 19.9 Å². The summed E-state index contributed by atoms with van der Waals surface area (Å²) < 4.78 is 10.6. The number of hydrogen-bond donors (Lipinski definition) is 2. The van der Waals surface area contributed by atoms with Crippen LogP contribution in [-0.2, 0) is 19.7 Å². The molecule has 0 atom stereocenters. The minimum atomic E-state index is -1.05. The van der Waals surface area contributed by atoms with Gasteiger partial charge in [-0.3, -0.25) is 4.79 Å². The van der Waals surface area contributed by atoms with E-state index in [2.05, 4.69) is 5.32 Å². The zero-order chi connectivity index (χ0) is 18.4. The van der Waals surface area contributed by atoms with E-state index in [1.807, 2.05) is 30.3 Å². The summed E-state index contributed by atoms with van der Waals surface area (Å²) >= 11 is 0. The molecule has 0 spiro atoms. The molecule has 0 bridgehead atoms. The van der Waals surface area contributed by atoms with Crippen LogP contribution < -0.4 is 10.1 Å². The lowest BCUT2D eigenvalue weighted by atomic mass is 9.73. The van der Waals surface area contributed by atoms with Gasteiger partial charge in [0.05, 0.1) is 5.41 Å². The normalized spacial score (nSPS) is 15.8. The molecule has 0 aromatic heterocycles. The van der Waals surface area contributed by atoms with Gasteiger partial charge in [-0.2, -0.15) is 0 Å². The van der Waals surface area contributed by atoms with Crippen LogP contribution in [0.5, 0.6) is 5.75 Å². The minimum Gasteiger partial charge on any atom is -0.482 e. The van der Waals surface area contributed by atoms with E-state index < -0.39 is 18.0 Å². The number of anilines is 1. The van der Waals surface area contributed by atoms with E-state index in [-0.39, 0.29) is 5.91 Å². The molecule has 2 aromatic rings. The van der Waals surface area contributed by atoms with Gasteiger partial charge in [0.2, 0.25) is 5.91 Å². The second-order valence-corrected chi connectivity index (χ2v) is 6.22. The Balaban J connectivity index is 1.80. The summed E-state index contributed by atoms with van der Waals surface area (Å²) in [5.74, 6) is -0.752. The average molecular weight is 355 g/mol. The summed E-state index contributed by atoms with van der Waals surface area (Å²) in [7, 11) is 0. The number of carbonyl (C=O) groups excluding carboxylic acids is 1. The first-order valence-corrected chi connectivity index (χ1v) is 8.49. The zero-order valence-electron chi connectivity index (χ0n) is 14.3. The quantitative estimate of drug-likeness (QED) is 0.832. The molecule has 0 saturated carbocycles. The molecule has 1 aliphatic rings. The van der Waals surface area contributed by atoms with Crippen molar-refractivity contribution in [3.05, 3.63) is 60.2 Å². The van der Waals surface area contributed by atoms with Crippen molar-refractivity contribution in [2.24, 2.45) is 0 Å². The maximum atomic E-state index is 13.2. The predicted octanol–water partition coefficient (Wildman–Crippen LogP) is 2.84. The van der Waals surface area contributed by atoms with Gasteiger partial charge in [-0.1, -0.05) is 36.4 Å². The first-order chi connectivity index (χ1) is 12.6. The fourth-order valence-corrected chi connectivity index (χ4v) is 3.18. The summed E-state index contributed by atoms with van der Waals surface area (Å²) in [6.07, 6.45) is 1.22. The topological polar surface area (TPSA) is 84.9 Å². The maximum absolute atomic E-state index is 13.2. The Morgan fingerprint density at radius 1 is 1.08 bits per heavy atom. The lowest BCUT2D eigenvalue weighted by Crippen LogP contribution is -2.44. The third-order valence-corrected chi connectivity index (χ3v) is 4.56. The second-order valence-electron chi connectivity index (χ2n) is 6.22. The van der Waals surface area contributed by atoms with Gasteiger partial charge in [0, 0.05) is 25.0 Å². The van der Waals surface area contributed by atoms with Crippen molar-refractivity contribution >= 4 is 17.6 Å². The number of ether oxygens (including phenoxy) is 2. The first kappa shape index (κ1) is 17.9. The van der Waals surface area contributed by atoms with Crippen molar-refractivity contribution in [3.63, 3.8) is 0 Å². The number of carboxylic acids is 1. The summed E-state index contributed by atoms with van der Waals surface area (Å²) in [6.45, 7) is 0.636. The number of carbonyl (C=O) groups is 2. The lowest BCUT2D eigenvalue weighted by molar-refractivity contribution is -0.139. The molecule has 0 unspecified atom stereocenters. The molecule has 1 heterocycles. The van der Waals surface area contributed by atoms with Gasteiger partial charge in [0.25, 0.3) is 0 Å². The molecule has 1 amide bonds. The van der Waals surface area contributed by atoms with Crippen LogP contribution in [0.25, 0.3) is 0 Å². The Morgan fingerprint density at radius 3 is 2.50 bits per heavy atom. The van der Waals surface area contributed by atoms with Crippen LogP contribution in [0, 0.1) is 0 Å². The van der Waals surface area contributed by atoms with Crippen molar-refractivity contribution in [2.45, 2.75) is 18.3 Å². The van der Waals surface area contributed by atoms with Crippen molar-refractivity contribution in [1.29, 1.82) is 0 Å². The summed E-state index contributed by atoms with van der Waals surface area (Å²) in [4.78, 5) is 23.8. The van der Waals surface area contributed by atoms with Crippen molar-refractivity contribution in [3.8, 4) is 5.75 Å². The fourth-order valence-electron chi connectivity index (χ4n) is 3.18. The molecule has 6 nitrogen and oxygen atoms in total. The third-order valence-electron chi connectivity index (χ3n) is 4.56. The number of amides is 1. The molecule has 2 aromatic carbocycles. The van der Waals surface area contributed by atoms with E-state index in [4.69, 9.17) is 14.6 Å². The van der Waals surface area contributed by atoms with Crippen LogP contribution in [0.3, 0.4) is 0 Å². The van der Waals surface area contributed by atoms with Gasteiger partial charge in [-0.05, 0) is 30.5 Å². The average Bonchev–Trinajstić information content (AvgIpc) is 2.68. The summed E-state index contributed by atoms with van der Waals surface area (Å²) in [5, 5.41) is 11.7. The highest BCUT2D eigenvalue weighted by atomic mass is 16.5. The van der Waals surface area contributed by atoms with Gasteiger partial charge in [0.1, 0.15) is 5.75 Å². The molecular formula is C20H21NO5. The number of aliphatic carboxylic acids is 1. The van der Waals surface area contributed by atoms with Gasteiger partial charge >= 0.3 is 5.97 Å². The van der Waals surface area contributed by atoms with Gasteiger partial charge in [-0.15, -0.1) is 0 Å². The highest BCUT2D eigenvalue weighted by molar-refractivity contribution is 5.99. The van der Waals surface area contributed by atoms with Gasteiger partial charge in [-0.25, -0.2) is 4.79 Å². The Morgan fingerprint density at radius 2 is 1.81 bits per heavy atom. The molecule has 136 valence electrons. The molecule has 26 heavy (non-hydrogen) atoms. The van der Waals surface area contributed by atoms with Crippen molar-refractivity contribution in [2.75, 3.05) is 25.1 Å². The van der Waals surface area contributed by atoms with Gasteiger partial charge in [0.15, 0.2) is 6.61 Å². The highest BCUT2D eigenvalue weighted by Crippen LogP contribution is 2.36. The van der Waals surface area contributed by atoms with Crippen molar-refractivity contribution in [1.82, 2.24) is 0 Å². The first-order valence-electron chi connectivity index (χ1n) is 8.49. The standard InChI is InChI=1S/C20H21NO5/c22-18(23)14-26-17-8-4-7-16(13-17)21-19(24)20(9-11-25-12-10-20)15-5-2-1-3-6-15/h1-8,13H,9-12,14H2,(H,21,24)(H,22,23). The lowest BCUT2D eigenvalue weighted by Gasteiger charge is -2.36. The Bertz CT molecular complexity index is 769. The number of hydrogen-bond acceptors (Lipinski definition) is 4. The van der Waals surface area contributed by atoms with Crippen LogP contribution in [0.4, 0.5) is 5.69 Å². The van der Waals surface area contributed by atoms with Crippen LogP contribution in [0.1, 0.15) is 18.4 Å². The van der Waals surface area contributed by atoms with E-state index in [9.17, 15) is 9.59 Å². The molecule has 1 aliphatic heterocycles. The largest absolute Gasteiger partial charge is 0.482 e. The smallest absolute Gasteiger partial charge is 0.341 e. The highest BCUT2D eigenvalue weighted by Gasteiger charge is 2.41. The monoisotopic (exact) mass is 355 g/mol. The molecule has 0 radical (unpaired) electrons. The predicted molar refractivity (Wildman–Crippen MR) is 96.4 cm³/mol. The SMILES string of the molecule is O=C(O)COc1cccc(NC(=O)C2(c3ccccc3)CCOCC2)c1. The van der Waals surface area contributed by atoms with Crippen LogP contribution >= 0.6 is 0 Å². The molecular weight excluding hydrogens is 334 g/mol. The summed E-state index contributed by atoms with van der Waals surface area (Å²) in [6, 6.07) is 16.5. The minimum absolute atomic E-state index is 0.0950. The fraction of sp³-hybridized carbons (Fsp3) is 0.300. The van der Waals surface area contributed by atoms with E-state index in [1.165, 1.54) is 0 Å². The third kappa shape index (κ3) is 4.03. The van der Waals surface area contributed by atoms with Crippen LogP contribution in [0.15, 0.2) is 54.6 Å². The maximum Gasteiger partial charge on any atom is 0.341 e. The molecule has 1 saturated heterocycles. The Hall–Kier alpha value is -2.86. The second kappa shape index (κ2) is 8.01. The molecule has 6 heteroatoms. The Kier molecular flexibility index (Phi) is 5.53. The molecule has 3 rings (SSSR count).